The molecule has 0 spiro atoms. The van der Waals surface area contributed by atoms with Gasteiger partial charge in [0.15, 0.2) is 5.96 Å². The van der Waals surface area contributed by atoms with E-state index >= 15 is 0 Å². The molecule has 0 aliphatic carbocycles. The number of halogens is 2. The largest absolute Gasteiger partial charge is 0.355 e. The summed E-state index contributed by atoms with van der Waals surface area (Å²) in [4.78, 5) is 6.62. The van der Waals surface area contributed by atoms with Crippen LogP contribution in [0.1, 0.15) is 31.7 Å². The molecule has 1 aliphatic heterocycles. The van der Waals surface area contributed by atoms with Gasteiger partial charge in [0, 0.05) is 31.7 Å². The van der Waals surface area contributed by atoms with E-state index in [2.05, 4.69) is 27.4 Å². The predicted octanol–water partition coefficient (Wildman–Crippen LogP) is 2.50. The summed E-state index contributed by atoms with van der Waals surface area (Å²) in [6.07, 6.45) is 3.69. The molecule has 0 bridgehead atoms. The number of piperidine rings is 1. The highest BCUT2D eigenvalue weighted by molar-refractivity contribution is 5.79. The van der Waals surface area contributed by atoms with Gasteiger partial charge in [-0.05, 0) is 44.1 Å². The molecule has 1 saturated heterocycles. The number of likely N-dealkylation sites (N-methyl/N-ethyl adjacent to an activating group) is 1. The van der Waals surface area contributed by atoms with Crippen molar-refractivity contribution in [2.75, 3.05) is 26.7 Å². The second kappa shape index (κ2) is 8.82. The molecule has 1 atom stereocenters. The van der Waals surface area contributed by atoms with Crippen LogP contribution in [-0.2, 0) is 6.54 Å². The van der Waals surface area contributed by atoms with Crippen LogP contribution in [0.15, 0.2) is 23.2 Å². The Hall–Kier alpha value is -1.69. The van der Waals surface area contributed by atoms with E-state index in [1.807, 2.05) is 0 Å². The maximum atomic E-state index is 13.6. The number of rotatable bonds is 5. The molecule has 1 aromatic rings. The summed E-state index contributed by atoms with van der Waals surface area (Å²) in [6.45, 7) is 5.37. The monoisotopic (exact) mass is 324 g/mol. The molecule has 1 aromatic carbocycles. The molecule has 128 valence electrons. The molecule has 1 fully saturated rings. The number of benzene rings is 1. The average molecular weight is 324 g/mol. The minimum atomic E-state index is -0.438. The molecule has 1 aliphatic rings. The Kier molecular flexibility index (Phi) is 6.77. The van der Waals surface area contributed by atoms with Crippen LogP contribution in [0.25, 0.3) is 0 Å². The summed E-state index contributed by atoms with van der Waals surface area (Å²) in [5.74, 6) is -0.249. The van der Waals surface area contributed by atoms with Gasteiger partial charge in [0.2, 0.25) is 0 Å². The first-order valence-electron chi connectivity index (χ1n) is 8.26. The fraction of sp³-hybridized carbons (Fsp3) is 0.588. The van der Waals surface area contributed by atoms with Crippen molar-refractivity contribution in [1.82, 2.24) is 15.5 Å². The minimum Gasteiger partial charge on any atom is -0.355 e. The number of nitrogens with one attached hydrogen (secondary N) is 2. The summed E-state index contributed by atoms with van der Waals surface area (Å²) < 4.78 is 26.8. The number of nitrogens with zero attached hydrogens (tertiary/aromatic N) is 2. The zero-order valence-electron chi connectivity index (χ0n) is 13.9. The van der Waals surface area contributed by atoms with Crippen molar-refractivity contribution in [3.8, 4) is 0 Å². The van der Waals surface area contributed by atoms with Gasteiger partial charge in [-0.2, -0.15) is 0 Å². The van der Waals surface area contributed by atoms with Gasteiger partial charge in [-0.3, -0.25) is 9.89 Å². The van der Waals surface area contributed by atoms with Gasteiger partial charge in [-0.1, -0.05) is 13.3 Å². The fourth-order valence-corrected chi connectivity index (χ4v) is 3.00. The van der Waals surface area contributed by atoms with Gasteiger partial charge >= 0.3 is 0 Å². The van der Waals surface area contributed by atoms with E-state index in [0.29, 0.717) is 17.6 Å². The zero-order chi connectivity index (χ0) is 16.7. The van der Waals surface area contributed by atoms with E-state index < -0.39 is 11.6 Å². The Morgan fingerprint density at radius 2 is 2.13 bits per heavy atom. The van der Waals surface area contributed by atoms with Crippen molar-refractivity contribution in [1.29, 1.82) is 0 Å². The molecule has 1 heterocycles. The molecule has 0 saturated carbocycles. The van der Waals surface area contributed by atoms with Crippen molar-refractivity contribution < 1.29 is 8.78 Å². The Morgan fingerprint density at radius 1 is 1.30 bits per heavy atom. The topological polar surface area (TPSA) is 39.7 Å². The van der Waals surface area contributed by atoms with E-state index in [4.69, 9.17) is 0 Å². The number of aliphatic imine (C=N–C) groups is 1. The second-order valence-corrected chi connectivity index (χ2v) is 5.82. The Bertz CT molecular complexity index is 533. The third-order valence-electron chi connectivity index (χ3n) is 4.34. The molecule has 0 aromatic heterocycles. The van der Waals surface area contributed by atoms with Crippen molar-refractivity contribution >= 4 is 5.96 Å². The van der Waals surface area contributed by atoms with E-state index in [-0.39, 0.29) is 6.54 Å². The first-order chi connectivity index (χ1) is 11.1. The third kappa shape index (κ3) is 5.16. The molecule has 4 nitrogen and oxygen atoms in total. The van der Waals surface area contributed by atoms with Gasteiger partial charge in [0.25, 0.3) is 0 Å². The van der Waals surface area contributed by atoms with Crippen LogP contribution in [0.5, 0.6) is 0 Å². The lowest BCUT2D eigenvalue weighted by Crippen LogP contribution is -2.48. The number of hydrogen-bond donors (Lipinski definition) is 2. The van der Waals surface area contributed by atoms with E-state index in [1.54, 1.807) is 7.05 Å². The quantitative estimate of drug-likeness (QED) is 0.646. The molecular formula is C17H26F2N4. The summed E-state index contributed by atoms with van der Waals surface area (Å²) in [6, 6.07) is 3.96. The van der Waals surface area contributed by atoms with Gasteiger partial charge in [0.1, 0.15) is 11.6 Å². The molecule has 1 unspecified atom stereocenters. The summed E-state index contributed by atoms with van der Waals surface area (Å²) >= 11 is 0. The smallest absolute Gasteiger partial charge is 0.191 e. The number of likely N-dealkylation sites (tertiary alicyclic amines) is 1. The summed E-state index contributed by atoms with van der Waals surface area (Å²) in [7, 11) is 1.68. The molecule has 2 rings (SSSR count). The lowest BCUT2D eigenvalue weighted by Gasteiger charge is -2.35. The van der Waals surface area contributed by atoms with Crippen molar-refractivity contribution in [3.05, 3.63) is 35.4 Å². The molecule has 6 heteroatoms. The van der Waals surface area contributed by atoms with Gasteiger partial charge in [0.05, 0.1) is 0 Å². The molecular weight excluding hydrogens is 298 g/mol. The standard InChI is InChI=1S/C17H26F2N4/c1-3-23-9-5-4-6-15(23)12-22-17(20-2)21-11-13-10-14(18)7-8-16(13)19/h7-8,10,15H,3-6,9,11-12H2,1-2H3,(H2,20,21,22). The predicted molar refractivity (Wildman–Crippen MR) is 89.4 cm³/mol. The van der Waals surface area contributed by atoms with E-state index in [9.17, 15) is 8.78 Å². The van der Waals surface area contributed by atoms with E-state index in [1.165, 1.54) is 25.3 Å². The van der Waals surface area contributed by atoms with Crippen molar-refractivity contribution in [2.24, 2.45) is 4.99 Å². The van der Waals surface area contributed by atoms with Crippen LogP contribution < -0.4 is 10.6 Å². The van der Waals surface area contributed by atoms with Crippen LogP contribution in [-0.4, -0.2) is 43.6 Å². The van der Waals surface area contributed by atoms with Crippen LogP contribution in [0, 0.1) is 11.6 Å². The normalized spacial score (nSPS) is 19.7. The van der Waals surface area contributed by atoms with Crippen LogP contribution in [0.2, 0.25) is 0 Å². The SMILES string of the molecule is CCN1CCCCC1CNC(=NC)NCc1cc(F)ccc1F. The van der Waals surface area contributed by atoms with Gasteiger partial charge in [-0.25, -0.2) is 8.78 Å². The molecule has 0 amide bonds. The lowest BCUT2D eigenvalue weighted by molar-refractivity contribution is 0.157. The minimum absolute atomic E-state index is 0.200. The van der Waals surface area contributed by atoms with Crippen LogP contribution >= 0.6 is 0 Å². The second-order valence-electron chi connectivity index (χ2n) is 5.82. The Labute approximate surface area is 137 Å². The highest BCUT2D eigenvalue weighted by Gasteiger charge is 2.20. The number of guanidine groups is 1. The fourth-order valence-electron chi connectivity index (χ4n) is 3.00. The van der Waals surface area contributed by atoms with Crippen LogP contribution in [0.3, 0.4) is 0 Å². The third-order valence-corrected chi connectivity index (χ3v) is 4.34. The van der Waals surface area contributed by atoms with Crippen LogP contribution in [0.4, 0.5) is 8.78 Å². The average Bonchev–Trinajstić information content (AvgIpc) is 2.58. The highest BCUT2D eigenvalue weighted by Crippen LogP contribution is 2.15. The molecule has 2 N–H and O–H groups in total. The summed E-state index contributed by atoms with van der Waals surface area (Å²) in [5.41, 5.74) is 0.292. The maximum absolute atomic E-state index is 13.6. The first-order valence-corrected chi connectivity index (χ1v) is 8.26. The highest BCUT2D eigenvalue weighted by atomic mass is 19.1. The zero-order valence-corrected chi connectivity index (χ0v) is 13.9. The first kappa shape index (κ1) is 17.7. The van der Waals surface area contributed by atoms with E-state index in [0.717, 1.165) is 31.8 Å². The van der Waals surface area contributed by atoms with Crippen molar-refractivity contribution in [2.45, 2.75) is 38.8 Å². The van der Waals surface area contributed by atoms with Gasteiger partial charge in [-0.15, -0.1) is 0 Å². The summed E-state index contributed by atoms with van der Waals surface area (Å²) in [5, 5.41) is 6.33. The Balaban J connectivity index is 1.84. The van der Waals surface area contributed by atoms with Crippen molar-refractivity contribution in [3.63, 3.8) is 0 Å². The lowest BCUT2D eigenvalue weighted by atomic mass is 10.0. The van der Waals surface area contributed by atoms with Gasteiger partial charge < -0.3 is 10.6 Å². The maximum Gasteiger partial charge on any atom is 0.191 e. The molecule has 23 heavy (non-hydrogen) atoms. The molecule has 0 radical (unpaired) electrons. The Morgan fingerprint density at radius 3 is 2.87 bits per heavy atom. The number of hydrogen-bond acceptors (Lipinski definition) is 2.